The Morgan fingerprint density at radius 2 is 1.44 bits per heavy atom. The minimum absolute atomic E-state index is 0.0639. The third-order valence-electron chi connectivity index (χ3n) is 3.74. The third kappa shape index (κ3) is 4.01. The van der Waals surface area contributed by atoms with E-state index in [9.17, 15) is 10.1 Å². The fraction of sp³-hybridized carbons (Fsp3) is 0. The van der Waals surface area contributed by atoms with Crippen LogP contribution in [0, 0.1) is 11.3 Å². The highest BCUT2D eigenvalue weighted by Gasteiger charge is 2.12. The SMILES string of the molecule is N#C/C(=C\c1ccccc1)C(=O)Nc1ccccc1-c1ccccc1. The lowest BCUT2D eigenvalue weighted by Crippen LogP contribution is -2.14. The highest BCUT2D eigenvalue weighted by atomic mass is 16.1. The summed E-state index contributed by atoms with van der Waals surface area (Å²) in [7, 11) is 0. The van der Waals surface area contributed by atoms with E-state index < -0.39 is 5.91 Å². The molecule has 0 saturated heterocycles. The zero-order valence-corrected chi connectivity index (χ0v) is 13.5. The number of carbonyl (C=O) groups is 1. The maximum absolute atomic E-state index is 12.5. The second-order valence-corrected chi connectivity index (χ2v) is 5.45. The van der Waals surface area contributed by atoms with Crippen LogP contribution >= 0.6 is 0 Å². The number of rotatable bonds is 4. The fourth-order valence-electron chi connectivity index (χ4n) is 2.52. The second kappa shape index (κ2) is 7.76. The van der Waals surface area contributed by atoms with E-state index in [1.54, 1.807) is 6.08 Å². The number of hydrogen-bond donors (Lipinski definition) is 1. The van der Waals surface area contributed by atoms with Crippen LogP contribution in [0.5, 0.6) is 0 Å². The van der Waals surface area contributed by atoms with Gasteiger partial charge in [-0.3, -0.25) is 4.79 Å². The molecule has 1 N–H and O–H groups in total. The van der Waals surface area contributed by atoms with Gasteiger partial charge in [-0.1, -0.05) is 78.9 Å². The number of anilines is 1. The summed E-state index contributed by atoms with van der Waals surface area (Å²) in [5, 5.41) is 12.2. The molecule has 25 heavy (non-hydrogen) atoms. The molecule has 3 nitrogen and oxygen atoms in total. The molecule has 0 aliphatic rings. The number of nitrogens with one attached hydrogen (secondary N) is 1. The van der Waals surface area contributed by atoms with Crippen molar-refractivity contribution in [2.75, 3.05) is 5.32 Å². The standard InChI is InChI=1S/C22H16N2O/c23-16-19(15-17-9-3-1-4-10-17)22(25)24-21-14-8-7-13-20(21)18-11-5-2-6-12-18/h1-15H,(H,24,25)/b19-15+. The minimum atomic E-state index is -0.422. The maximum atomic E-state index is 12.5. The van der Waals surface area contributed by atoms with E-state index in [0.29, 0.717) is 5.69 Å². The highest BCUT2D eigenvalue weighted by molar-refractivity contribution is 6.11. The summed E-state index contributed by atoms with van der Waals surface area (Å²) in [5.41, 5.74) is 3.46. The molecular weight excluding hydrogens is 308 g/mol. The summed E-state index contributed by atoms with van der Waals surface area (Å²) in [6, 6.07) is 28.7. The first-order chi connectivity index (χ1) is 12.3. The Bertz CT molecular complexity index is 939. The van der Waals surface area contributed by atoms with Crippen LogP contribution in [0.4, 0.5) is 5.69 Å². The average molecular weight is 324 g/mol. The Labute approximate surface area is 146 Å². The third-order valence-corrected chi connectivity index (χ3v) is 3.74. The molecule has 0 heterocycles. The lowest BCUT2D eigenvalue weighted by Gasteiger charge is -2.11. The molecule has 0 saturated carbocycles. The minimum Gasteiger partial charge on any atom is -0.321 e. The molecule has 0 fully saturated rings. The molecule has 0 aromatic heterocycles. The highest BCUT2D eigenvalue weighted by Crippen LogP contribution is 2.27. The first-order valence-corrected chi connectivity index (χ1v) is 7.90. The second-order valence-electron chi connectivity index (χ2n) is 5.45. The van der Waals surface area contributed by atoms with Gasteiger partial charge in [-0.25, -0.2) is 0 Å². The smallest absolute Gasteiger partial charge is 0.266 e. The Morgan fingerprint density at radius 1 is 0.840 bits per heavy atom. The van der Waals surface area contributed by atoms with Crippen LogP contribution in [-0.4, -0.2) is 5.91 Å². The molecule has 0 bridgehead atoms. The van der Waals surface area contributed by atoms with E-state index >= 15 is 0 Å². The van der Waals surface area contributed by atoms with Crippen LogP contribution in [-0.2, 0) is 4.79 Å². The summed E-state index contributed by atoms with van der Waals surface area (Å²) in [4.78, 5) is 12.5. The number of carbonyl (C=O) groups excluding carboxylic acids is 1. The van der Waals surface area contributed by atoms with E-state index in [0.717, 1.165) is 16.7 Å². The number of benzene rings is 3. The van der Waals surface area contributed by atoms with Gasteiger partial charge in [0.2, 0.25) is 0 Å². The van der Waals surface area contributed by atoms with Crippen LogP contribution in [0.15, 0.2) is 90.5 Å². The van der Waals surface area contributed by atoms with Gasteiger partial charge < -0.3 is 5.32 Å². The number of nitrogens with zero attached hydrogens (tertiary/aromatic N) is 1. The van der Waals surface area contributed by atoms with Crippen molar-refractivity contribution >= 4 is 17.7 Å². The normalized spacial score (nSPS) is 10.8. The molecule has 120 valence electrons. The van der Waals surface area contributed by atoms with Gasteiger partial charge in [-0.15, -0.1) is 0 Å². The van der Waals surface area contributed by atoms with Crippen molar-refractivity contribution in [3.63, 3.8) is 0 Å². The van der Waals surface area contributed by atoms with E-state index in [4.69, 9.17) is 0 Å². The van der Waals surface area contributed by atoms with Gasteiger partial charge in [0, 0.05) is 11.3 Å². The Morgan fingerprint density at radius 3 is 2.12 bits per heavy atom. The van der Waals surface area contributed by atoms with Gasteiger partial charge in [0.05, 0.1) is 0 Å². The fourth-order valence-corrected chi connectivity index (χ4v) is 2.52. The van der Waals surface area contributed by atoms with Gasteiger partial charge in [0.15, 0.2) is 0 Å². The summed E-state index contributed by atoms with van der Waals surface area (Å²) in [5.74, 6) is -0.422. The number of hydrogen-bond acceptors (Lipinski definition) is 2. The maximum Gasteiger partial charge on any atom is 0.266 e. The predicted molar refractivity (Wildman–Crippen MR) is 101 cm³/mol. The first-order valence-electron chi connectivity index (χ1n) is 7.90. The van der Waals surface area contributed by atoms with Gasteiger partial charge in [-0.05, 0) is 23.3 Å². The molecule has 3 rings (SSSR count). The van der Waals surface area contributed by atoms with Gasteiger partial charge in [-0.2, -0.15) is 5.26 Å². The van der Waals surface area contributed by atoms with Crippen molar-refractivity contribution < 1.29 is 4.79 Å². The van der Waals surface area contributed by atoms with E-state index in [2.05, 4.69) is 5.32 Å². The van der Waals surface area contributed by atoms with Crippen molar-refractivity contribution in [3.8, 4) is 17.2 Å². The molecule has 0 unspecified atom stereocenters. The predicted octanol–water partition coefficient (Wildman–Crippen LogP) is 4.90. The zero-order valence-electron chi connectivity index (χ0n) is 13.5. The molecule has 3 aromatic carbocycles. The lowest BCUT2D eigenvalue weighted by molar-refractivity contribution is -0.112. The number of amides is 1. The van der Waals surface area contributed by atoms with Gasteiger partial charge >= 0.3 is 0 Å². The monoisotopic (exact) mass is 324 g/mol. The topological polar surface area (TPSA) is 52.9 Å². The Hall–Kier alpha value is -3.64. The largest absolute Gasteiger partial charge is 0.321 e. The van der Waals surface area contributed by atoms with Gasteiger partial charge in [0.1, 0.15) is 11.6 Å². The van der Waals surface area contributed by atoms with E-state index in [1.807, 2.05) is 91.0 Å². The summed E-state index contributed by atoms with van der Waals surface area (Å²) in [6.07, 6.45) is 1.58. The average Bonchev–Trinajstić information content (AvgIpc) is 2.68. The van der Waals surface area contributed by atoms with Crippen LogP contribution in [0.25, 0.3) is 17.2 Å². The van der Waals surface area contributed by atoms with Gasteiger partial charge in [0.25, 0.3) is 5.91 Å². The molecule has 3 aromatic rings. The van der Waals surface area contributed by atoms with Crippen molar-refractivity contribution in [2.45, 2.75) is 0 Å². The molecule has 3 heteroatoms. The number of para-hydroxylation sites is 1. The summed E-state index contributed by atoms with van der Waals surface area (Å²) < 4.78 is 0. The van der Waals surface area contributed by atoms with Crippen LogP contribution in [0.1, 0.15) is 5.56 Å². The lowest BCUT2D eigenvalue weighted by atomic mass is 10.0. The van der Waals surface area contributed by atoms with Crippen molar-refractivity contribution in [1.82, 2.24) is 0 Å². The van der Waals surface area contributed by atoms with Crippen LogP contribution < -0.4 is 5.32 Å². The zero-order chi connectivity index (χ0) is 17.5. The molecule has 0 spiro atoms. The quantitative estimate of drug-likeness (QED) is 0.548. The molecule has 0 radical (unpaired) electrons. The van der Waals surface area contributed by atoms with Crippen molar-refractivity contribution in [3.05, 3.63) is 96.1 Å². The summed E-state index contributed by atoms with van der Waals surface area (Å²) in [6.45, 7) is 0. The van der Waals surface area contributed by atoms with Crippen molar-refractivity contribution in [1.29, 1.82) is 5.26 Å². The van der Waals surface area contributed by atoms with Crippen LogP contribution in [0.2, 0.25) is 0 Å². The van der Waals surface area contributed by atoms with E-state index in [-0.39, 0.29) is 5.57 Å². The summed E-state index contributed by atoms with van der Waals surface area (Å²) >= 11 is 0. The Kier molecular flexibility index (Phi) is 5.04. The first kappa shape index (κ1) is 16.2. The molecule has 0 atom stereocenters. The Balaban J connectivity index is 1.89. The molecule has 0 aliphatic carbocycles. The van der Waals surface area contributed by atoms with Crippen molar-refractivity contribution in [2.24, 2.45) is 0 Å². The van der Waals surface area contributed by atoms with E-state index in [1.165, 1.54) is 0 Å². The molecular formula is C22H16N2O. The molecule has 0 aliphatic heterocycles. The van der Waals surface area contributed by atoms with Crippen LogP contribution in [0.3, 0.4) is 0 Å². The number of nitriles is 1. The molecule has 1 amide bonds.